The van der Waals surface area contributed by atoms with Crippen LogP contribution in [0.3, 0.4) is 0 Å². The summed E-state index contributed by atoms with van der Waals surface area (Å²) < 4.78 is 28.2. The molecular weight excluding hydrogens is 487 g/mol. The number of methoxy groups -OCH3 is 1. The summed E-state index contributed by atoms with van der Waals surface area (Å²) in [7, 11) is 1.35. The molecule has 190 valence electrons. The predicted octanol–water partition coefficient (Wildman–Crippen LogP) is 4.03. The average molecular weight is 515 g/mol. The van der Waals surface area contributed by atoms with Crippen molar-refractivity contribution in [2.24, 2.45) is 0 Å². The van der Waals surface area contributed by atoms with Gasteiger partial charge in [-0.25, -0.2) is 9.37 Å². The highest BCUT2D eigenvalue weighted by molar-refractivity contribution is 7.80. The molecule has 3 rings (SSSR count). The van der Waals surface area contributed by atoms with Crippen LogP contribution in [0.2, 0.25) is 0 Å². The fourth-order valence-electron chi connectivity index (χ4n) is 2.92. The van der Waals surface area contributed by atoms with Crippen LogP contribution in [0.1, 0.15) is 29.9 Å². The molecule has 0 aliphatic rings. The van der Waals surface area contributed by atoms with Crippen LogP contribution < -0.4 is 14.8 Å². The van der Waals surface area contributed by atoms with E-state index in [0.29, 0.717) is 6.42 Å². The molecule has 1 N–H and O–H groups in total. The Hall–Kier alpha value is -3.92. The van der Waals surface area contributed by atoms with E-state index in [1.807, 2.05) is 30.3 Å². The third-order valence-corrected chi connectivity index (χ3v) is 4.77. The van der Waals surface area contributed by atoms with Crippen LogP contribution in [0.25, 0.3) is 0 Å². The zero-order valence-electron chi connectivity index (χ0n) is 20.1. The highest BCUT2D eigenvalue weighted by Gasteiger charge is 2.21. The van der Waals surface area contributed by atoms with Crippen molar-refractivity contribution >= 4 is 30.5 Å². The number of hydrogen-bond acceptors (Lipinski definition) is 8. The SMILES string of the molecule is COc1ccnc(C(=O)NCC(=O)OC(C)Cc2ccc(F)cc2)c1OC(C)=O.Sc1ccccc1. The Morgan fingerprint density at radius 1 is 1.06 bits per heavy atom. The molecule has 1 unspecified atom stereocenters. The zero-order valence-corrected chi connectivity index (χ0v) is 21.0. The first-order chi connectivity index (χ1) is 17.2. The summed E-state index contributed by atoms with van der Waals surface area (Å²) in [5.74, 6) is -2.39. The standard InChI is InChI=1S/C20H21FN2O6.C6H6S/c1-12(10-14-4-6-15(21)7-5-14)28-17(25)11-23-20(26)18-19(29-13(2)24)16(27-3)8-9-22-18;7-6-4-2-1-3-5-6/h4-9,12H,10-11H2,1-3H3,(H,23,26);1-5,7H. The Morgan fingerprint density at radius 2 is 1.72 bits per heavy atom. The van der Waals surface area contributed by atoms with Gasteiger partial charge in [0, 0.05) is 30.5 Å². The van der Waals surface area contributed by atoms with E-state index in [1.165, 1.54) is 38.4 Å². The summed E-state index contributed by atoms with van der Waals surface area (Å²) in [4.78, 5) is 40.5. The van der Waals surface area contributed by atoms with Crippen molar-refractivity contribution in [2.45, 2.75) is 31.3 Å². The quantitative estimate of drug-likeness (QED) is 0.346. The Morgan fingerprint density at radius 3 is 2.28 bits per heavy atom. The maximum Gasteiger partial charge on any atom is 0.325 e. The number of rotatable bonds is 8. The molecular formula is C26H27FN2O6S. The fraction of sp³-hybridized carbons (Fsp3) is 0.231. The number of esters is 2. The molecule has 1 amide bonds. The molecule has 0 saturated carbocycles. The van der Waals surface area contributed by atoms with E-state index in [1.54, 1.807) is 19.1 Å². The van der Waals surface area contributed by atoms with Crippen LogP contribution in [0.4, 0.5) is 4.39 Å². The molecule has 0 spiro atoms. The van der Waals surface area contributed by atoms with Gasteiger partial charge in [0.25, 0.3) is 5.91 Å². The van der Waals surface area contributed by atoms with Crippen molar-refractivity contribution in [3.8, 4) is 11.5 Å². The van der Waals surface area contributed by atoms with Crippen LogP contribution in [0, 0.1) is 5.82 Å². The summed E-state index contributed by atoms with van der Waals surface area (Å²) in [6.45, 7) is 2.45. The number of amides is 1. The molecule has 36 heavy (non-hydrogen) atoms. The number of pyridine rings is 1. The van der Waals surface area contributed by atoms with Gasteiger partial charge < -0.3 is 19.5 Å². The topological polar surface area (TPSA) is 104 Å². The summed E-state index contributed by atoms with van der Waals surface area (Å²) >= 11 is 4.08. The molecule has 0 aliphatic heterocycles. The largest absolute Gasteiger partial charge is 0.493 e. The molecule has 1 atom stereocenters. The monoisotopic (exact) mass is 514 g/mol. The van der Waals surface area contributed by atoms with Crippen LogP contribution in [0.5, 0.6) is 11.5 Å². The molecule has 0 fully saturated rings. The fourth-order valence-corrected chi connectivity index (χ4v) is 3.09. The van der Waals surface area contributed by atoms with Crippen LogP contribution in [-0.2, 0) is 20.7 Å². The third-order valence-electron chi connectivity index (χ3n) is 4.47. The van der Waals surface area contributed by atoms with Crippen molar-refractivity contribution < 1.29 is 33.0 Å². The molecule has 2 aromatic carbocycles. The van der Waals surface area contributed by atoms with Crippen LogP contribution in [0.15, 0.2) is 71.8 Å². The van der Waals surface area contributed by atoms with Crippen molar-refractivity contribution in [3.63, 3.8) is 0 Å². The van der Waals surface area contributed by atoms with E-state index in [9.17, 15) is 18.8 Å². The minimum atomic E-state index is -0.733. The third kappa shape index (κ3) is 9.75. The van der Waals surface area contributed by atoms with Crippen molar-refractivity contribution in [1.29, 1.82) is 0 Å². The number of nitrogens with zero attached hydrogens (tertiary/aromatic N) is 1. The summed E-state index contributed by atoms with van der Waals surface area (Å²) in [6, 6.07) is 17.1. The zero-order chi connectivity index (χ0) is 26.5. The first-order valence-corrected chi connectivity index (χ1v) is 11.3. The number of aromatic nitrogens is 1. The number of halogens is 1. The number of nitrogens with one attached hydrogen (secondary N) is 1. The predicted molar refractivity (Wildman–Crippen MR) is 134 cm³/mol. The van der Waals surface area contributed by atoms with Crippen molar-refractivity contribution in [3.05, 3.63) is 83.9 Å². The normalized spacial score (nSPS) is 10.8. The van der Waals surface area contributed by atoms with Gasteiger partial charge in [-0.3, -0.25) is 14.4 Å². The number of carbonyl (C=O) groups excluding carboxylic acids is 3. The van der Waals surface area contributed by atoms with E-state index >= 15 is 0 Å². The minimum absolute atomic E-state index is 0.141. The Balaban J connectivity index is 0.000000558. The number of carbonyl (C=O) groups is 3. The Labute approximate surface area is 214 Å². The molecule has 10 heteroatoms. The lowest BCUT2D eigenvalue weighted by Gasteiger charge is -2.14. The molecule has 0 aliphatic carbocycles. The lowest BCUT2D eigenvalue weighted by atomic mass is 10.1. The maximum absolute atomic E-state index is 12.9. The molecule has 1 aromatic heterocycles. The highest BCUT2D eigenvalue weighted by atomic mass is 32.1. The number of hydrogen-bond donors (Lipinski definition) is 2. The Kier molecular flexibility index (Phi) is 11.4. The molecule has 0 radical (unpaired) electrons. The summed E-state index contributed by atoms with van der Waals surface area (Å²) in [5, 5.41) is 2.37. The van der Waals surface area contributed by atoms with E-state index in [-0.39, 0.29) is 23.0 Å². The van der Waals surface area contributed by atoms with E-state index in [2.05, 4.69) is 22.9 Å². The highest BCUT2D eigenvalue weighted by Crippen LogP contribution is 2.29. The van der Waals surface area contributed by atoms with Crippen molar-refractivity contribution in [2.75, 3.05) is 13.7 Å². The Bertz CT molecular complexity index is 1160. The van der Waals surface area contributed by atoms with Gasteiger partial charge in [-0.05, 0) is 36.8 Å². The molecule has 0 saturated heterocycles. The smallest absolute Gasteiger partial charge is 0.325 e. The number of benzene rings is 2. The minimum Gasteiger partial charge on any atom is -0.493 e. The van der Waals surface area contributed by atoms with Gasteiger partial charge in [0.2, 0.25) is 5.75 Å². The van der Waals surface area contributed by atoms with Gasteiger partial charge >= 0.3 is 11.9 Å². The maximum atomic E-state index is 12.9. The van der Waals surface area contributed by atoms with Gasteiger partial charge in [-0.15, -0.1) is 12.6 Å². The number of ether oxygens (including phenoxy) is 3. The second-order valence-corrected chi connectivity index (χ2v) is 7.95. The molecule has 0 bridgehead atoms. The summed E-state index contributed by atoms with van der Waals surface area (Å²) in [6.07, 6.45) is 1.23. The van der Waals surface area contributed by atoms with Gasteiger partial charge in [-0.1, -0.05) is 30.3 Å². The van der Waals surface area contributed by atoms with Gasteiger partial charge in [0.15, 0.2) is 11.4 Å². The lowest BCUT2D eigenvalue weighted by Crippen LogP contribution is -2.33. The summed E-state index contributed by atoms with van der Waals surface area (Å²) in [5.41, 5.74) is 0.606. The van der Waals surface area contributed by atoms with Crippen LogP contribution in [-0.4, -0.2) is 42.6 Å². The van der Waals surface area contributed by atoms with Crippen LogP contribution >= 0.6 is 12.6 Å². The first-order valence-electron chi connectivity index (χ1n) is 10.9. The average Bonchev–Trinajstić information content (AvgIpc) is 2.84. The van der Waals surface area contributed by atoms with E-state index in [4.69, 9.17) is 14.2 Å². The molecule has 8 nitrogen and oxygen atoms in total. The lowest BCUT2D eigenvalue weighted by molar-refractivity contribution is -0.146. The van der Waals surface area contributed by atoms with E-state index in [0.717, 1.165) is 10.5 Å². The van der Waals surface area contributed by atoms with E-state index < -0.39 is 30.5 Å². The van der Waals surface area contributed by atoms with Gasteiger partial charge in [-0.2, -0.15) is 0 Å². The van der Waals surface area contributed by atoms with Crippen molar-refractivity contribution in [1.82, 2.24) is 10.3 Å². The second kappa shape index (κ2) is 14.5. The molecule has 1 heterocycles. The van der Waals surface area contributed by atoms with Gasteiger partial charge in [0.1, 0.15) is 18.5 Å². The molecule has 3 aromatic rings. The first kappa shape index (κ1) is 28.3. The second-order valence-electron chi connectivity index (χ2n) is 7.43. The van der Waals surface area contributed by atoms with Gasteiger partial charge in [0.05, 0.1) is 7.11 Å². The number of thiol groups is 1.